The molecular formula is C19H23BN2O4. The molecule has 1 aromatic heterocycles. The molecule has 1 aliphatic heterocycles. The largest absolute Gasteiger partial charge is 0.493 e. The Labute approximate surface area is 153 Å². The summed E-state index contributed by atoms with van der Waals surface area (Å²) in [5, 5.41) is 9.58. The molecule has 0 radical (unpaired) electrons. The second kappa shape index (κ2) is 7.64. The van der Waals surface area contributed by atoms with Gasteiger partial charge in [0.1, 0.15) is 0 Å². The minimum absolute atomic E-state index is 0.0740. The summed E-state index contributed by atoms with van der Waals surface area (Å²) >= 11 is 0. The molecule has 4 rings (SSSR count). The Morgan fingerprint density at radius 1 is 1.19 bits per heavy atom. The molecule has 2 aliphatic rings. The third kappa shape index (κ3) is 3.69. The fourth-order valence-electron chi connectivity index (χ4n) is 3.64. The molecule has 1 aromatic carbocycles. The number of hydrogen-bond donors (Lipinski definition) is 1. The van der Waals surface area contributed by atoms with Crippen LogP contribution in [0.4, 0.5) is 0 Å². The van der Waals surface area contributed by atoms with Crippen LogP contribution in [-0.2, 0) is 4.65 Å². The van der Waals surface area contributed by atoms with Gasteiger partial charge in [-0.3, -0.25) is 4.98 Å². The number of aromatic nitrogens is 2. The number of rotatable bonds is 5. The van der Waals surface area contributed by atoms with E-state index in [0.29, 0.717) is 12.9 Å². The Kier molecular flexibility index (Phi) is 5.08. The van der Waals surface area contributed by atoms with Crippen LogP contribution in [0.5, 0.6) is 11.5 Å². The molecule has 0 spiro atoms. The number of ether oxygens (including phenoxy) is 2. The summed E-state index contributed by atoms with van der Waals surface area (Å²) in [5.74, 6) is 1.56. The van der Waals surface area contributed by atoms with E-state index in [-0.39, 0.29) is 12.0 Å². The SMILES string of the molecule is COc1ccc(-c2cncc([C@@H]3COB(O)C3)n2)cc1OC1CCCC1. The molecule has 7 heteroatoms. The molecule has 1 aliphatic carbocycles. The second-order valence-corrected chi connectivity index (χ2v) is 6.94. The molecule has 1 saturated carbocycles. The zero-order chi connectivity index (χ0) is 17.9. The molecule has 2 aromatic rings. The van der Waals surface area contributed by atoms with Crippen molar-refractivity contribution in [2.45, 2.75) is 44.0 Å². The van der Waals surface area contributed by atoms with E-state index in [0.717, 1.165) is 41.3 Å². The van der Waals surface area contributed by atoms with E-state index in [4.69, 9.17) is 19.1 Å². The van der Waals surface area contributed by atoms with Crippen molar-refractivity contribution in [2.75, 3.05) is 13.7 Å². The van der Waals surface area contributed by atoms with E-state index in [1.54, 1.807) is 19.5 Å². The number of nitrogens with zero attached hydrogens (tertiary/aromatic N) is 2. The molecule has 136 valence electrons. The first-order valence-corrected chi connectivity index (χ1v) is 9.19. The van der Waals surface area contributed by atoms with E-state index < -0.39 is 7.12 Å². The standard InChI is InChI=1S/C19H23BN2O4/c1-24-18-7-6-13(8-19(18)26-15-4-2-3-5-15)16-10-21-11-17(22-16)14-9-20(23)25-12-14/h6-8,10-11,14-15,23H,2-5,9,12H2,1H3/t14-/m0/s1. The van der Waals surface area contributed by atoms with Gasteiger partial charge in [-0.25, -0.2) is 4.98 Å². The van der Waals surface area contributed by atoms with Gasteiger partial charge in [0.05, 0.1) is 30.8 Å². The molecule has 0 amide bonds. The lowest BCUT2D eigenvalue weighted by Crippen LogP contribution is -2.11. The fourth-order valence-corrected chi connectivity index (χ4v) is 3.64. The zero-order valence-electron chi connectivity index (χ0n) is 14.9. The normalized spacial score (nSPS) is 20.5. The van der Waals surface area contributed by atoms with Crippen LogP contribution in [0.25, 0.3) is 11.3 Å². The first-order valence-electron chi connectivity index (χ1n) is 9.19. The molecule has 2 fully saturated rings. The quantitative estimate of drug-likeness (QED) is 0.832. The summed E-state index contributed by atoms with van der Waals surface area (Å²) in [6.45, 7) is 0.470. The molecule has 1 saturated heterocycles. The Bertz CT molecular complexity index is 767. The maximum absolute atomic E-state index is 9.58. The molecule has 1 atom stereocenters. The minimum Gasteiger partial charge on any atom is -0.493 e. The van der Waals surface area contributed by atoms with Gasteiger partial charge in [-0.05, 0) is 50.2 Å². The lowest BCUT2D eigenvalue weighted by Gasteiger charge is -2.17. The van der Waals surface area contributed by atoms with Crippen LogP contribution in [0, 0.1) is 0 Å². The summed E-state index contributed by atoms with van der Waals surface area (Å²) in [5.41, 5.74) is 2.56. The van der Waals surface area contributed by atoms with Gasteiger partial charge in [0.2, 0.25) is 0 Å². The summed E-state index contributed by atoms with van der Waals surface area (Å²) in [7, 11) is 0.945. The van der Waals surface area contributed by atoms with Crippen LogP contribution in [0.1, 0.15) is 37.3 Å². The third-order valence-electron chi connectivity index (χ3n) is 5.10. The number of methoxy groups -OCH3 is 1. The second-order valence-electron chi connectivity index (χ2n) is 6.94. The van der Waals surface area contributed by atoms with Crippen LogP contribution >= 0.6 is 0 Å². The van der Waals surface area contributed by atoms with Crippen molar-refractivity contribution in [1.82, 2.24) is 9.97 Å². The fraction of sp³-hybridized carbons (Fsp3) is 0.474. The van der Waals surface area contributed by atoms with Crippen LogP contribution in [0.15, 0.2) is 30.6 Å². The average Bonchev–Trinajstić information content (AvgIpc) is 3.33. The van der Waals surface area contributed by atoms with Gasteiger partial charge in [-0.2, -0.15) is 0 Å². The number of benzene rings is 1. The predicted octanol–water partition coefficient (Wildman–Crippen LogP) is 3.07. The van der Waals surface area contributed by atoms with E-state index >= 15 is 0 Å². The maximum atomic E-state index is 9.58. The Morgan fingerprint density at radius 3 is 2.77 bits per heavy atom. The Balaban J connectivity index is 1.60. The summed E-state index contributed by atoms with van der Waals surface area (Å²) in [6, 6.07) is 5.86. The van der Waals surface area contributed by atoms with Crippen molar-refractivity contribution in [2.24, 2.45) is 0 Å². The Hall–Kier alpha value is -2.12. The molecule has 6 nitrogen and oxygen atoms in total. The van der Waals surface area contributed by atoms with Crippen molar-refractivity contribution >= 4 is 7.12 Å². The topological polar surface area (TPSA) is 73.7 Å². The van der Waals surface area contributed by atoms with Crippen LogP contribution < -0.4 is 9.47 Å². The van der Waals surface area contributed by atoms with E-state index in [1.807, 2.05) is 18.2 Å². The molecule has 2 heterocycles. The zero-order valence-corrected chi connectivity index (χ0v) is 14.9. The highest BCUT2D eigenvalue weighted by Crippen LogP contribution is 2.35. The van der Waals surface area contributed by atoms with Gasteiger partial charge in [-0.15, -0.1) is 0 Å². The first-order chi connectivity index (χ1) is 12.7. The van der Waals surface area contributed by atoms with Gasteiger partial charge in [0, 0.05) is 24.3 Å². The highest BCUT2D eigenvalue weighted by Gasteiger charge is 2.31. The van der Waals surface area contributed by atoms with E-state index in [9.17, 15) is 5.02 Å². The third-order valence-corrected chi connectivity index (χ3v) is 5.10. The summed E-state index contributed by atoms with van der Waals surface area (Å²) < 4.78 is 16.9. The van der Waals surface area contributed by atoms with Gasteiger partial charge >= 0.3 is 7.12 Å². The lowest BCUT2D eigenvalue weighted by molar-refractivity contribution is 0.201. The molecule has 0 unspecified atom stereocenters. The monoisotopic (exact) mass is 354 g/mol. The molecule has 26 heavy (non-hydrogen) atoms. The highest BCUT2D eigenvalue weighted by molar-refractivity contribution is 6.43. The molecule has 0 bridgehead atoms. The van der Waals surface area contributed by atoms with Crippen LogP contribution in [0.2, 0.25) is 6.32 Å². The van der Waals surface area contributed by atoms with E-state index in [2.05, 4.69) is 4.98 Å². The Morgan fingerprint density at radius 2 is 2.04 bits per heavy atom. The van der Waals surface area contributed by atoms with Crippen molar-refractivity contribution in [3.05, 3.63) is 36.3 Å². The number of hydrogen-bond acceptors (Lipinski definition) is 6. The lowest BCUT2D eigenvalue weighted by atomic mass is 9.81. The van der Waals surface area contributed by atoms with Crippen LogP contribution in [-0.4, -0.2) is 41.9 Å². The van der Waals surface area contributed by atoms with Gasteiger partial charge in [-0.1, -0.05) is 0 Å². The highest BCUT2D eigenvalue weighted by atomic mass is 16.5. The summed E-state index contributed by atoms with van der Waals surface area (Å²) in [6.07, 6.45) is 8.92. The maximum Gasteiger partial charge on any atom is 0.454 e. The van der Waals surface area contributed by atoms with Gasteiger partial charge < -0.3 is 19.2 Å². The van der Waals surface area contributed by atoms with Crippen molar-refractivity contribution in [3.8, 4) is 22.8 Å². The smallest absolute Gasteiger partial charge is 0.454 e. The van der Waals surface area contributed by atoms with Crippen molar-refractivity contribution in [1.29, 1.82) is 0 Å². The van der Waals surface area contributed by atoms with Crippen molar-refractivity contribution in [3.63, 3.8) is 0 Å². The minimum atomic E-state index is -0.710. The molecule has 1 N–H and O–H groups in total. The van der Waals surface area contributed by atoms with Gasteiger partial charge in [0.15, 0.2) is 11.5 Å². The van der Waals surface area contributed by atoms with Gasteiger partial charge in [0.25, 0.3) is 0 Å². The summed E-state index contributed by atoms with van der Waals surface area (Å²) in [4.78, 5) is 9.07. The predicted molar refractivity (Wildman–Crippen MR) is 98.4 cm³/mol. The van der Waals surface area contributed by atoms with Crippen molar-refractivity contribution < 1.29 is 19.2 Å². The average molecular weight is 354 g/mol. The van der Waals surface area contributed by atoms with E-state index in [1.165, 1.54) is 12.8 Å². The van der Waals surface area contributed by atoms with Crippen LogP contribution in [0.3, 0.4) is 0 Å². The first kappa shape index (κ1) is 17.3. The molecular weight excluding hydrogens is 331 g/mol.